The van der Waals surface area contributed by atoms with Crippen LogP contribution in [0.5, 0.6) is 0 Å². The Morgan fingerprint density at radius 3 is 2.65 bits per heavy atom. The van der Waals surface area contributed by atoms with Gasteiger partial charge in [-0.3, -0.25) is 4.79 Å². The van der Waals surface area contributed by atoms with E-state index in [-0.39, 0.29) is 30.1 Å². The fourth-order valence-corrected chi connectivity index (χ4v) is 5.94. The van der Waals surface area contributed by atoms with Crippen molar-refractivity contribution in [1.82, 2.24) is 14.9 Å². The lowest BCUT2D eigenvalue weighted by Crippen LogP contribution is -2.51. The molecule has 2 aliphatic rings. The highest BCUT2D eigenvalue weighted by molar-refractivity contribution is 7.99. The number of aromatic nitrogens is 2. The van der Waals surface area contributed by atoms with Crippen LogP contribution in [0.1, 0.15) is 41.5 Å². The molecule has 4 rings (SSSR count). The minimum atomic E-state index is -0.191. The molecule has 2 atom stereocenters. The van der Waals surface area contributed by atoms with E-state index in [4.69, 9.17) is 27.1 Å². The van der Waals surface area contributed by atoms with Crippen molar-refractivity contribution >= 4 is 35.1 Å². The van der Waals surface area contributed by atoms with Gasteiger partial charge in [-0.2, -0.15) is 0 Å². The number of amides is 1. The summed E-state index contributed by atoms with van der Waals surface area (Å²) in [6.07, 6.45) is 1.88. The van der Waals surface area contributed by atoms with Gasteiger partial charge in [-0.05, 0) is 38.8 Å². The number of benzene rings is 1. The fourth-order valence-electron chi connectivity index (χ4n) is 4.73. The smallest absolute Gasteiger partial charge is 0.254 e. The zero-order valence-electron chi connectivity index (χ0n) is 20.0. The Labute approximate surface area is 209 Å². The van der Waals surface area contributed by atoms with E-state index in [0.29, 0.717) is 39.4 Å². The molecular formula is C24H32ClN5O3S. The number of aliphatic hydroxyl groups excluding tert-OH is 1. The molecule has 0 radical (unpaired) electrons. The third kappa shape index (κ3) is 4.64. The van der Waals surface area contributed by atoms with Crippen molar-refractivity contribution in [3.8, 4) is 0 Å². The van der Waals surface area contributed by atoms with Crippen LogP contribution in [0, 0.1) is 12.3 Å². The quantitative estimate of drug-likeness (QED) is 0.638. The summed E-state index contributed by atoms with van der Waals surface area (Å²) in [7, 11) is 3.39. The SMILES string of the molecule is Cc1nc(CO)c(N2CCC3(CC2)CO[C@@H](C)[C@H]3N)nc1Sc1cccc(C(=O)N(C)C)c1Cl. The van der Waals surface area contributed by atoms with Gasteiger partial charge in [0.1, 0.15) is 10.7 Å². The van der Waals surface area contributed by atoms with Gasteiger partial charge >= 0.3 is 0 Å². The summed E-state index contributed by atoms with van der Waals surface area (Å²) in [5, 5.41) is 11.1. The number of anilines is 1. The molecule has 10 heteroatoms. The first-order valence-electron chi connectivity index (χ1n) is 11.5. The van der Waals surface area contributed by atoms with Crippen molar-refractivity contribution in [1.29, 1.82) is 0 Å². The van der Waals surface area contributed by atoms with Crippen molar-refractivity contribution in [3.05, 3.63) is 40.2 Å². The summed E-state index contributed by atoms with van der Waals surface area (Å²) < 4.78 is 5.84. The number of carbonyl (C=O) groups is 1. The summed E-state index contributed by atoms with van der Waals surface area (Å²) in [6.45, 7) is 5.94. The van der Waals surface area contributed by atoms with E-state index in [9.17, 15) is 9.90 Å². The summed E-state index contributed by atoms with van der Waals surface area (Å²) >= 11 is 7.98. The summed E-state index contributed by atoms with van der Waals surface area (Å²) in [5.41, 5.74) is 8.17. The largest absolute Gasteiger partial charge is 0.390 e. The Morgan fingerprint density at radius 1 is 1.35 bits per heavy atom. The number of piperidine rings is 1. The monoisotopic (exact) mass is 505 g/mol. The van der Waals surface area contributed by atoms with Gasteiger partial charge in [0, 0.05) is 43.5 Å². The van der Waals surface area contributed by atoms with E-state index in [0.717, 1.165) is 30.8 Å². The van der Waals surface area contributed by atoms with Gasteiger partial charge in [0.05, 0.1) is 35.6 Å². The van der Waals surface area contributed by atoms with Crippen molar-refractivity contribution in [2.45, 2.75) is 55.4 Å². The molecule has 8 nitrogen and oxygen atoms in total. The lowest BCUT2D eigenvalue weighted by atomic mass is 9.73. The van der Waals surface area contributed by atoms with Crippen LogP contribution in [0.4, 0.5) is 5.82 Å². The second kappa shape index (κ2) is 9.99. The second-order valence-corrected chi connectivity index (χ2v) is 10.8. The lowest BCUT2D eigenvalue weighted by Gasteiger charge is -2.42. The van der Waals surface area contributed by atoms with E-state index < -0.39 is 0 Å². The Morgan fingerprint density at radius 2 is 2.06 bits per heavy atom. The molecule has 34 heavy (non-hydrogen) atoms. The van der Waals surface area contributed by atoms with Crippen molar-refractivity contribution in [2.24, 2.45) is 11.1 Å². The molecule has 0 aliphatic carbocycles. The van der Waals surface area contributed by atoms with Gasteiger partial charge in [0.25, 0.3) is 5.91 Å². The third-order valence-corrected chi connectivity index (χ3v) is 8.60. The average Bonchev–Trinajstić information content (AvgIpc) is 3.10. The highest BCUT2D eigenvalue weighted by atomic mass is 35.5. The minimum Gasteiger partial charge on any atom is -0.390 e. The summed E-state index contributed by atoms with van der Waals surface area (Å²) in [6, 6.07) is 5.43. The molecule has 0 bridgehead atoms. The van der Waals surface area contributed by atoms with E-state index in [1.807, 2.05) is 26.0 Å². The van der Waals surface area contributed by atoms with Gasteiger partial charge in [0.2, 0.25) is 0 Å². The zero-order valence-corrected chi connectivity index (χ0v) is 21.6. The number of carbonyl (C=O) groups excluding carboxylic acids is 1. The molecule has 2 fully saturated rings. The van der Waals surface area contributed by atoms with Crippen LogP contribution in [-0.4, -0.2) is 71.8 Å². The number of ether oxygens (including phenoxy) is 1. The molecule has 0 unspecified atom stereocenters. The maximum absolute atomic E-state index is 12.5. The van der Waals surface area contributed by atoms with E-state index >= 15 is 0 Å². The number of hydrogen-bond acceptors (Lipinski definition) is 8. The Kier molecular flexibility index (Phi) is 7.40. The standard InChI is InChI=1S/C24H32ClN5O3S/c1-14-22(34-18-7-5-6-16(19(18)25)23(32)29(3)4)28-21(17(12-31)27-14)30-10-8-24(9-11-30)13-33-15(2)20(24)26/h5-7,15,20,31H,8-13,26H2,1-4H3/t15-,20+/m0/s1. The number of nitrogens with zero attached hydrogens (tertiary/aromatic N) is 4. The molecule has 1 aromatic heterocycles. The van der Waals surface area contributed by atoms with Crippen molar-refractivity contribution in [2.75, 3.05) is 38.7 Å². The van der Waals surface area contributed by atoms with Gasteiger partial charge in [-0.1, -0.05) is 29.4 Å². The molecule has 2 aromatic rings. The predicted molar refractivity (Wildman–Crippen MR) is 134 cm³/mol. The third-order valence-electron chi connectivity index (χ3n) is 6.94. The number of halogens is 1. The molecule has 1 spiro atoms. The topological polar surface area (TPSA) is 105 Å². The number of nitrogens with two attached hydrogens (primary N) is 1. The maximum Gasteiger partial charge on any atom is 0.254 e. The van der Waals surface area contributed by atoms with Gasteiger partial charge in [-0.25, -0.2) is 9.97 Å². The Bertz CT molecular complexity index is 1070. The van der Waals surface area contributed by atoms with Crippen LogP contribution >= 0.6 is 23.4 Å². The first kappa shape index (κ1) is 25.2. The zero-order chi connectivity index (χ0) is 24.6. The van der Waals surface area contributed by atoms with Crippen LogP contribution < -0.4 is 10.6 Å². The number of rotatable bonds is 5. The summed E-state index contributed by atoms with van der Waals surface area (Å²) in [5.74, 6) is 0.528. The van der Waals surface area contributed by atoms with E-state index in [1.54, 1.807) is 20.2 Å². The van der Waals surface area contributed by atoms with E-state index in [2.05, 4.69) is 9.88 Å². The minimum absolute atomic E-state index is 0.00204. The summed E-state index contributed by atoms with van der Waals surface area (Å²) in [4.78, 5) is 26.5. The Balaban J connectivity index is 1.60. The number of aryl methyl sites for hydroxylation is 1. The fraction of sp³-hybridized carbons (Fsp3) is 0.542. The molecule has 3 N–H and O–H groups in total. The van der Waals surface area contributed by atoms with Crippen molar-refractivity contribution < 1.29 is 14.6 Å². The molecule has 2 saturated heterocycles. The number of aliphatic hydroxyl groups is 1. The van der Waals surface area contributed by atoms with Crippen LogP contribution in [0.15, 0.2) is 28.1 Å². The van der Waals surface area contributed by atoms with Crippen molar-refractivity contribution in [3.63, 3.8) is 0 Å². The Hall–Kier alpha value is -1.91. The van der Waals surface area contributed by atoms with E-state index in [1.165, 1.54) is 16.7 Å². The van der Waals surface area contributed by atoms with Crippen LogP contribution in [0.25, 0.3) is 0 Å². The van der Waals surface area contributed by atoms with Gasteiger partial charge in [-0.15, -0.1) is 0 Å². The average molecular weight is 506 g/mol. The van der Waals surface area contributed by atoms with Crippen LogP contribution in [0.3, 0.4) is 0 Å². The first-order chi connectivity index (χ1) is 16.2. The molecule has 1 amide bonds. The molecule has 1 aromatic carbocycles. The van der Waals surface area contributed by atoms with Crippen LogP contribution in [-0.2, 0) is 11.3 Å². The highest BCUT2D eigenvalue weighted by Crippen LogP contribution is 2.43. The molecule has 2 aliphatic heterocycles. The molecule has 3 heterocycles. The molecule has 0 saturated carbocycles. The van der Waals surface area contributed by atoms with Gasteiger partial charge < -0.3 is 25.4 Å². The van der Waals surface area contributed by atoms with Gasteiger partial charge in [0.15, 0.2) is 5.82 Å². The highest BCUT2D eigenvalue weighted by Gasteiger charge is 2.47. The second-order valence-electron chi connectivity index (χ2n) is 9.35. The molecular weight excluding hydrogens is 474 g/mol. The number of hydrogen-bond donors (Lipinski definition) is 2. The van der Waals surface area contributed by atoms with Crippen LogP contribution in [0.2, 0.25) is 5.02 Å². The first-order valence-corrected chi connectivity index (χ1v) is 12.6. The lowest BCUT2D eigenvalue weighted by molar-refractivity contribution is 0.0827. The normalized spacial score (nSPS) is 21.8. The maximum atomic E-state index is 12.5. The molecule has 184 valence electrons. The predicted octanol–water partition coefficient (Wildman–Crippen LogP) is 3.12.